The lowest BCUT2D eigenvalue weighted by molar-refractivity contribution is -0.919. The minimum absolute atomic E-state index is 0.0795. The largest absolute Gasteiger partial charge is 0.469 e. The lowest BCUT2D eigenvalue weighted by Crippen LogP contribution is -3.17. The molecule has 160 valence electrons. The van der Waals surface area contributed by atoms with Gasteiger partial charge in [-0.25, -0.2) is 8.42 Å². The van der Waals surface area contributed by atoms with Crippen molar-refractivity contribution in [1.29, 1.82) is 0 Å². The predicted octanol–water partition coefficient (Wildman–Crippen LogP) is 0.266. The summed E-state index contributed by atoms with van der Waals surface area (Å²) in [5, 5.41) is 2.87. The van der Waals surface area contributed by atoms with Crippen molar-refractivity contribution in [3.63, 3.8) is 0 Å². The number of benzene rings is 1. The van der Waals surface area contributed by atoms with Gasteiger partial charge >= 0.3 is 5.97 Å². The van der Waals surface area contributed by atoms with Crippen molar-refractivity contribution in [2.75, 3.05) is 38.6 Å². The van der Waals surface area contributed by atoms with Gasteiger partial charge in [0.2, 0.25) is 10.0 Å². The molecule has 1 amide bonds. The van der Waals surface area contributed by atoms with E-state index >= 15 is 0 Å². The number of hydrogen-bond acceptors (Lipinski definition) is 5. The first-order valence-electron chi connectivity index (χ1n) is 10.2. The third-order valence-electron chi connectivity index (χ3n) is 5.99. The SMILES string of the molecule is COC(=O)C1CC[NH+]([C@@H](C)C(=O)Nc2ccc(S(=O)(=O)N3CCCC3)cc2)CC1. The highest BCUT2D eigenvalue weighted by molar-refractivity contribution is 7.89. The number of quaternary nitrogens is 1. The fourth-order valence-electron chi connectivity index (χ4n) is 4.05. The molecular formula is C20H30N3O5S+. The third-order valence-corrected chi connectivity index (χ3v) is 7.91. The molecule has 3 rings (SSSR count). The number of rotatable bonds is 6. The Morgan fingerprint density at radius 1 is 1.14 bits per heavy atom. The second kappa shape index (κ2) is 9.23. The van der Waals surface area contributed by atoms with E-state index in [0.29, 0.717) is 31.6 Å². The first-order valence-corrected chi connectivity index (χ1v) is 11.6. The highest BCUT2D eigenvalue weighted by Gasteiger charge is 2.33. The average molecular weight is 425 g/mol. The summed E-state index contributed by atoms with van der Waals surface area (Å²) in [5.74, 6) is -0.374. The number of hydrogen-bond donors (Lipinski definition) is 2. The lowest BCUT2D eigenvalue weighted by atomic mass is 9.96. The molecule has 29 heavy (non-hydrogen) atoms. The van der Waals surface area contributed by atoms with E-state index in [1.165, 1.54) is 11.4 Å². The highest BCUT2D eigenvalue weighted by Crippen LogP contribution is 2.22. The molecular weight excluding hydrogens is 394 g/mol. The van der Waals surface area contributed by atoms with Gasteiger partial charge in [-0.15, -0.1) is 0 Å². The van der Waals surface area contributed by atoms with E-state index in [0.717, 1.165) is 30.8 Å². The highest BCUT2D eigenvalue weighted by atomic mass is 32.2. The van der Waals surface area contributed by atoms with Crippen LogP contribution in [0, 0.1) is 5.92 Å². The third kappa shape index (κ3) is 4.96. The zero-order chi connectivity index (χ0) is 21.0. The molecule has 0 radical (unpaired) electrons. The number of esters is 1. The van der Waals surface area contributed by atoms with Crippen molar-refractivity contribution >= 4 is 27.6 Å². The van der Waals surface area contributed by atoms with Crippen molar-refractivity contribution in [3.8, 4) is 0 Å². The summed E-state index contributed by atoms with van der Waals surface area (Å²) >= 11 is 0. The van der Waals surface area contributed by atoms with Crippen molar-refractivity contribution in [1.82, 2.24) is 4.31 Å². The number of carbonyl (C=O) groups is 2. The first kappa shape index (κ1) is 21.7. The van der Waals surface area contributed by atoms with E-state index in [2.05, 4.69) is 5.32 Å². The van der Waals surface area contributed by atoms with E-state index in [1.807, 2.05) is 6.92 Å². The quantitative estimate of drug-likeness (QED) is 0.639. The van der Waals surface area contributed by atoms with Crippen LogP contribution in [0.3, 0.4) is 0 Å². The standard InChI is InChI=1S/C20H29N3O5S/c1-15(22-13-9-16(10-14-22)20(25)28-2)19(24)21-17-5-7-18(8-6-17)29(26,27)23-11-3-4-12-23/h5-8,15-16H,3-4,9-14H2,1-2H3,(H,21,24)/p+1/t15-/m0/s1. The van der Waals surface area contributed by atoms with Gasteiger partial charge in [0.1, 0.15) is 0 Å². The Kier molecular flexibility index (Phi) is 6.92. The van der Waals surface area contributed by atoms with Crippen molar-refractivity contribution in [2.24, 2.45) is 5.92 Å². The molecule has 8 nitrogen and oxygen atoms in total. The van der Waals surface area contributed by atoms with Crippen LogP contribution in [0.25, 0.3) is 0 Å². The maximum atomic E-state index is 12.6. The Balaban J connectivity index is 1.56. The zero-order valence-electron chi connectivity index (χ0n) is 17.0. The Labute approximate surface area is 172 Å². The molecule has 9 heteroatoms. The Bertz CT molecular complexity index is 826. The molecule has 2 aliphatic heterocycles. The summed E-state index contributed by atoms with van der Waals surface area (Å²) in [6.45, 7) is 4.47. The fourth-order valence-corrected chi connectivity index (χ4v) is 5.56. The van der Waals surface area contributed by atoms with Gasteiger partial charge in [0.15, 0.2) is 6.04 Å². The van der Waals surface area contributed by atoms with Crippen LogP contribution in [0.2, 0.25) is 0 Å². The molecule has 0 spiro atoms. The summed E-state index contributed by atoms with van der Waals surface area (Å²) < 4.78 is 31.5. The van der Waals surface area contributed by atoms with Gasteiger partial charge in [0.25, 0.3) is 5.91 Å². The van der Waals surface area contributed by atoms with Gasteiger partial charge < -0.3 is 15.0 Å². The lowest BCUT2D eigenvalue weighted by Gasteiger charge is -2.31. The molecule has 0 aromatic heterocycles. The second-order valence-corrected chi connectivity index (χ2v) is 9.74. The monoisotopic (exact) mass is 424 g/mol. The topological polar surface area (TPSA) is 97.2 Å². The number of methoxy groups -OCH3 is 1. The normalized spacial score (nSPS) is 24.1. The molecule has 0 aliphatic carbocycles. The first-order chi connectivity index (χ1) is 13.8. The molecule has 0 bridgehead atoms. The van der Waals surface area contributed by atoms with E-state index in [4.69, 9.17) is 4.74 Å². The number of amides is 1. The van der Waals surface area contributed by atoms with Crippen LogP contribution in [0.1, 0.15) is 32.6 Å². The molecule has 1 aromatic carbocycles. The number of piperidine rings is 1. The fraction of sp³-hybridized carbons (Fsp3) is 0.600. The minimum atomic E-state index is -3.45. The number of nitrogens with zero attached hydrogens (tertiary/aromatic N) is 1. The summed E-state index contributed by atoms with van der Waals surface area (Å²) in [6, 6.07) is 6.09. The average Bonchev–Trinajstić information content (AvgIpc) is 3.29. The van der Waals surface area contributed by atoms with E-state index < -0.39 is 10.0 Å². The van der Waals surface area contributed by atoms with Crippen LogP contribution in [-0.4, -0.2) is 63.9 Å². The van der Waals surface area contributed by atoms with E-state index in [-0.39, 0.29) is 28.7 Å². The minimum Gasteiger partial charge on any atom is -0.469 e. The van der Waals surface area contributed by atoms with Crippen LogP contribution < -0.4 is 10.2 Å². The molecule has 0 saturated carbocycles. The molecule has 1 aromatic rings. The molecule has 2 N–H and O–H groups in total. The Morgan fingerprint density at radius 3 is 2.28 bits per heavy atom. The maximum Gasteiger partial charge on any atom is 0.309 e. The maximum absolute atomic E-state index is 12.6. The molecule has 2 fully saturated rings. The summed E-state index contributed by atoms with van der Waals surface area (Å²) in [5.41, 5.74) is 0.575. The number of ether oxygens (including phenoxy) is 1. The van der Waals surface area contributed by atoms with Crippen LogP contribution in [0.15, 0.2) is 29.2 Å². The van der Waals surface area contributed by atoms with Gasteiger partial charge in [-0.3, -0.25) is 9.59 Å². The molecule has 1 atom stereocenters. The van der Waals surface area contributed by atoms with Crippen molar-refractivity contribution < 1.29 is 27.6 Å². The number of carbonyl (C=O) groups excluding carboxylic acids is 2. The van der Waals surface area contributed by atoms with Gasteiger partial charge in [-0.1, -0.05) is 0 Å². The number of anilines is 1. The smallest absolute Gasteiger partial charge is 0.309 e. The predicted molar refractivity (Wildman–Crippen MR) is 108 cm³/mol. The molecule has 2 aliphatic rings. The molecule has 0 unspecified atom stereocenters. The van der Waals surface area contributed by atoms with Gasteiger partial charge in [-0.2, -0.15) is 4.31 Å². The van der Waals surface area contributed by atoms with Crippen LogP contribution in [0.4, 0.5) is 5.69 Å². The molecule has 2 heterocycles. The van der Waals surface area contributed by atoms with Crippen LogP contribution in [0.5, 0.6) is 0 Å². The van der Waals surface area contributed by atoms with Gasteiger partial charge in [-0.05, 0) is 44.0 Å². The van der Waals surface area contributed by atoms with Crippen LogP contribution >= 0.6 is 0 Å². The summed E-state index contributed by atoms with van der Waals surface area (Å²) in [4.78, 5) is 25.7. The van der Waals surface area contributed by atoms with Gasteiger partial charge in [0, 0.05) is 31.6 Å². The number of likely N-dealkylation sites (tertiary alicyclic amines) is 1. The van der Waals surface area contributed by atoms with E-state index in [9.17, 15) is 18.0 Å². The Hall–Kier alpha value is -1.97. The zero-order valence-corrected chi connectivity index (χ0v) is 17.8. The summed E-state index contributed by atoms with van der Waals surface area (Å²) in [7, 11) is -2.05. The van der Waals surface area contributed by atoms with Crippen molar-refractivity contribution in [2.45, 2.75) is 43.5 Å². The van der Waals surface area contributed by atoms with Crippen molar-refractivity contribution in [3.05, 3.63) is 24.3 Å². The number of sulfonamides is 1. The second-order valence-electron chi connectivity index (χ2n) is 7.80. The van der Waals surface area contributed by atoms with E-state index in [1.54, 1.807) is 24.3 Å². The summed E-state index contributed by atoms with van der Waals surface area (Å²) in [6.07, 6.45) is 3.21. The van der Waals surface area contributed by atoms with Crippen LogP contribution in [-0.2, 0) is 24.3 Å². The number of nitrogens with one attached hydrogen (secondary N) is 2. The van der Waals surface area contributed by atoms with Gasteiger partial charge in [0.05, 0.1) is 31.0 Å². The molecule has 2 saturated heterocycles. The Morgan fingerprint density at radius 2 is 1.72 bits per heavy atom.